The van der Waals surface area contributed by atoms with Crippen molar-refractivity contribution in [3.63, 3.8) is 0 Å². The minimum absolute atomic E-state index is 0.00836. The number of nitrogens with zero attached hydrogens (tertiary/aromatic N) is 3. The smallest absolute Gasteiger partial charge is 0.302 e. The maximum atomic E-state index is 13.9. The quantitative estimate of drug-likeness (QED) is 0.432. The van der Waals surface area contributed by atoms with Gasteiger partial charge in [-0.15, -0.1) is 0 Å². The Morgan fingerprint density at radius 3 is 2.36 bits per heavy atom. The number of Topliss-reactive ketones (excluding diaryl/α,β-unsaturated/α-hetero) is 1. The molecule has 28 heavy (non-hydrogen) atoms. The van der Waals surface area contributed by atoms with E-state index < -0.39 is 23.5 Å². The van der Waals surface area contributed by atoms with Gasteiger partial charge in [-0.3, -0.25) is 14.5 Å². The van der Waals surface area contributed by atoms with Crippen LogP contribution in [-0.2, 0) is 9.59 Å². The molecule has 0 unspecified atom stereocenters. The minimum Gasteiger partial charge on any atom is -0.507 e. The number of benzene rings is 2. The number of rotatable bonds is 3. The van der Waals surface area contributed by atoms with Crippen LogP contribution in [0.25, 0.3) is 5.76 Å². The maximum Gasteiger partial charge on any atom is 0.302 e. The zero-order valence-corrected chi connectivity index (χ0v) is 14.5. The highest BCUT2D eigenvalue weighted by Crippen LogP contribution is 2.40. The Morgan fingerprint density at radius 2 is 1.68 bits per heavy atom. The first-order valence-corrected chi connectivity index (χ1v) is 8.47. The van der Waals surface area contributed by atoms with Gasteiger partial charge in [-0.2, -0.15) is 0 Å². The molecule has 1 aliphatic rings. The van der Waals surface area contributed by atoms with E-state index in [1.165, 1.54) is 30.6 Å². The number of aliphatic hydroxyl groups is 1. The van der Waals surface area contributed by atoms with Crippen LogP contribution >= 0.6 is 0 Å². The minimum atomic E-state index is -1.06. The van der Waals surface area contributed by atoms with Gasteiger partial charge in [0, 0.05) is 18.0 Å². The normalized spacial score (nSPS) is 18.5. The van der Waals surface area contributed by atoms with E-state index >= 15 is 0 Å². The second-order valence-corrected chi connectivity index (χ2v) is 6.14. The van der Waals surface area contributed by atoms with Crippen LogP contribution in [0.15, 0.2) is 78.6 Å². The molecule has 0 bridgehead atoms. The zero-order chi connectivity index (χ0) is 19.7. The monoisotopic (exact) mass is 375 g/mol. The van der Waals surface area contributed by atoms with Crippen LogP contribution in [0.4, 0.5) is 10.3 Å². The summed E-state index contributed by atoms with van der Waals surface area (Å²) in [4.78, 5) is 34.8. The summed E-state index contributed by atoms with van der Waals surface area (Å²) in [6.45, 7) is 0. The van der Waals surface area contributed by atoms with E-state index in [-0.39, 0.29) is 17.3 Å². The molecule has 0 aliphatic carbocycles. The van der Waals surface area contributed by atoms with Gasteiger partial charge >= 0.3 is 5.91 Å². The third-order valence-electron chi connectivity index (χ3n) is 4.42. The van der Waals surface area contributed by atoms with Crippen LogP contribution in [0, 0.1) is 5.82 Å². The van der Waals surface area contributed by atoms with Crippen molar-refractivity contribution >= 4 is 23.4 Å². The van der Waals surface area contributed by atoms with Gasteiger partial charge in [0.05, 0.1) is 11.6 Å². The molecule has 6 nitrogen and oxygen atoms in total. The largest absolute Gasteiger partial charge is 0.507 e. The first-order valence-electron chi connectivity index (χ1n) is 8.47. The molecular formula is C21H14FN3O3. The van der Waals surface area contributed by atoms with Crippen molar-refractivity contribution < 1.29 is 19.1 Å². The number of amides is 1. The Bertz CT molecular complexity index is 1080. The highest BCUT2D eigenvalue weighted by Gasteiger charge is 2.48. The third-order valence-corrected chi connectivity index (χ3v) is 4.42. The Labute approximate surface area is 159 Å². The SMILES string of the molecule is O=C1C(=O)N(c2ncccn2)[C@@H](c2cccc(F)c2)/C1=C(\O)c1ccccc1. The van der Waals surface area contributed by atoms with Gasteiger partial charge < -0.3 is 5.11 Å². The summed E-state index contributed by atoms with van der Waals surface area (Å²) in [6.07, 6.45) is 2.86. The molecule has 0 saturated carbocycles. The van der Waals surface area contributed by atoms with E-state index in [1.54, 1.807) is 42.5 Å². The van der Waals surface area contributed by atoms with E-state index in [1.807, 2.05) is 0 Å². The lowest BCUT2D eigenvalue weighted by molar-refractivity contribution is -0.132. The summed E-state index contributed by atoms with van der Waals surface area (Å²) in [6, 6.07) is 14.4. The van der Waals surface area contributed by atoms with E-state index in [2.05, 4.69) is 9.97 Å². The summed E-state index contributed by atoms with van der Waals surface area (Å²) in [5.74, 6) is -2.66. The predicted octanol–water partition coefficient (Wildman–Crippen LogP) is 3.24. The van der Waals surface area contributed by atoms with Gasteiger partial charge in [0.1, 0.15) is 11.6 Å². The molecule has 3 aromatic rings. The van der Waals surface area contributed by atoms with E-state index in [0.29, 0.717) is 11.1 Å². The summed E-state index contributed by atoms with van der Waals surface area (Å²) < 4.78 is 13.9. The number of carbonyl (C=O) groups excluding carboxylic acids is 2. The zero-order valence-electron chi connectivity index (χ0n) is 14.5. The number of ketones is 1. The van der Waals surface area contributed by atoms with Gasteiger partial charge in [-0.05, 0) is 23.8 Å². The number of carbonyl (C=O) groups is 2. The molecule has 7 heteroatoms. The lowest BCUT2D eigenvalue weighted by Gasteiger charge is -2.23. The van der Waals surface area contributed by atoms with Crippen molar-refractivity contribution in [2.24, 2.45) is 0 Å². The van der Waals surface area contributed by atoms with Crippen LogP contribution in [0.1, 0.15) is 17.2 Å². The van der Waals surface area contributed by atoms with Crippen LogP contribution in [0.2, 0.25) is 0 Å². The van der Waals surface area contributed by atoms with E-state index in [4.69, 9.17) is 0 Å². The molecule has 2 aromatic carbocycles. The van der Waals surface area contributed by atoms with Crippen molar-refractivity contribution in [3.05, 3.63) is 95.6 Å². The lowest BCUT2D eigenvalue weighted by Crippen LogP contribution is -2.31. The van der Waals surface area contributed by atoms with Crippen LogP contribution < -0.4 is 4.90 Å². The van der Waals surface area contributed by atoms with Crippen LogP contribution in [0.3, 0.4) is 0 Å². The molecular weight excluding hydrogens is 361 g/mol. The van der Waals surface area contributed by atoms with E-state index in [9.17, 15) is 19.1 Å². The maximum absolute atomic E-state index is 13.9. The van der Waals surface area contributed by atoms with Crippen LogP contribution in [0.5, 0.6) is 0 Å². The van der Waals surface area contributed by atoms with Crippen molar-refractivity contribution in [3.8, 4) is 0 Å². The Balaban J connectivity index is 1.96. The molecule has 1 aliphatic heterocycles. The van der Waals surface area contributed by atoms with Gasteiger partial charge in [0.25, 0.3) is 5.78 Å². The highest BCUT2D eigenvalue weighted by atomic mass is 19.1. The summed E-state index contributed by atoms with van der Waals surface area (Å²) >= 11 is 0. The molecule has 1 fully saturated rings. The molecule has 0 spiro atoms. The molecule has 1 saturated heterocycles. The molecule has 1 aromatic heterocycles. The molecule has 4 rings (SSSR count). The molecule has 2 heterocycles. The average molecular weight is 375 g/mol. The Morgan fingerprint density at radius 1 is 0.964 bits per heavy atom. The number of aromatic nitrogens is 2. The first-order chi connectivity index (χ1) is 13.6. The van der Waals surface area contributed by atoms with Gasteiger partial charge in [-0.1, -0.05) is 42.5 Å². The van der Waals surface area contributed by atoms with Gasteiger partial charge in [0.15, 0.2) is 0 Å². The van der Waals surface area contributed by atoms with Crippen molar-refractivity contribution in [1.82, 2.24) is 9.97 Å². The van der Waals surface area contributed by atoms with Crippen molar-refractivity contribution in [1.29, 1.82) is 0 Å². The van der Waals surface area contributed by atoms with Crippen molar-refractivity contribution in [2.75, 3.05) is 4.90 Å². The average Bonchev–Trinajstić information content (AvgIpc) is 3.00. The number of aliphatic hydroxyl groups excluding tert-OH is 1. The summed E-state index contributed by atoms with van der Waals surface area (Å²) in [5.41, 5.74) is 0.550. The number of anilines is 1. The molecule has 1 amide bonds. The topological polar surface area (TPSA) is 83.4 Å². The second kappa shape index (κ2) is 7.03. The standard InChI is InChI=1S/C21H14FN3O3/c22-15-9-4-8-14(12-15)17-16(18(26)13-6-2-1-3-7-13)19(27)20(28)25(17)21-23-10-5-11-24-21/h1-12,17,26H/b18-16+/t17-/m0/s1. The number of halogens is 1. The molecule has 1 atom stereocenters. The predicted molar refractivity (Wildman–Crippen MR) is 99.7 cm³/mol. The van der Waals surface area contributed by atoms with Crippen LogP contribution in [-0.4, -0.2) is 26.8 Å². The second-order valence-electron chi connectivity index (χ2n) is 6.14. The summed E-state index contributed by atoms with van der Waals surface area (Å²) in [5, 5.41) is 10.8. The fourth-order valence-corrected chi connectivity index (χ4v) is 3.20. The van der Waals surface area contributed by atoms with Crippen molar-refractivity contribution in [2.45, 2.75) is 6.04 Å². The summed E-state index contributed by atoms with van der Waals surface area (Å²) in [7, 11) is 0. The number of hydrogen-bond acceptors (Lipinski definition) is 5. The molecule has 138 valence electrons. The molecule has 0 radical (unpaired) electrons. The highest BCUT2D eigenvalue weighted by molar-refractivity contribution is 6.51. The lowest BCUT2D eigenvalue weighted by atomic mass is 9.95. The third kappa shape index (κ3) is 2.92. The van der Waals surface area contributed by atoms with Gasteiger partial charge in [-0.25, -0.2) is 14.4 Å². The molecule has 1 N–H and O–H groups in total. The Kier molecular flexibility index (Phi) is 4.41. The fourth-order valence-electron chi connectivity index (χ4n) is 3.20. The van der Waals surface area contributed by atoms with Gasteiger partial charge in [0.2, 0.25) is 5.95 Å². The first kappa shape index (κ1) is 17.5. The fraction of sp³-hybridized carbons (Fsp3) is 0.0476. The Hall–Kier alpha value is -3.87. The number of hydrogen-bond donors (Lipinski definition) is 1. The van der Waals surface area contributed by atoms with E-state index in [0.717, 1.165) is 4.90 Å².